The Morgan fingerprint density at radius 3 is 2.91 bits per heavy atom. The van der Waals surface area contributed by atoms with E-state index in [2.05, 4.69) is 20.8 Å². The summed E-state index contributed by atoms with van der Waals surface area (Å²) in [6.45, 7) is 6.02. The van der Waals surface area contributed by atoms with Gasteiger partial charge in [0.2, 0.25) is 5.89 Å². The molecule has 7 nitrogen and oxygen atoms in total. The lowest BCUT2D eigenvalue weighted by Crippen LogP contribution is -2.31. The number of nitrogens with one attached hydrogen (secondary N) is 2. The van der Waals surface area contributed by atoms with Gasteiger partial charge in [-0.2, -0.15) is 4.98 Å². The molecule has 0 radical (unpaired) electrons. The summed E-state index contributed by atoms with van der Waals surface area (Å²) in [6.07, 6.45) is 0.863. The summed E-state index contributed by atoms with van der Waals surface area (Å²) in [5, 5.41) is 9.63. The standard InChI is InChI=1S/C15H19ClN4O3/c1-4-7-22-13-6-5-11(16)8-12(13)19-15(21)17-9(2)14-18-10(3)20-23-14/h5-6,8-9H,4,7H2,1-3H3,(H2,17,19,21)/t9-/m0/s1. The molecule has 1 aromatic heterocycles. The first-order valence-electron chi connectivity index (χ1n) is 7.29. The molecule has 23 heavy (non-hydrogen) atoms. The largest absolute Gasteiger partial charge is 0.491 e. The van der Waals surface area contributed by atoms with Crippen molar-refractivity contribution < 1.29 is 14.1 Å². The Kier molecular flexibility index (Phi) is 5.81. The number of urea groups is 1. The first-order valence-corrected chi connectivity index (χ1v) is 7.67. The Bertz CT molecular complexity index is 674. The van der Waals surface area contributed by atoms with E-state index in [0.29, 0.717) is 34.8 Å². The summed E-state index contributed by atoms with van der Waals surface area (Å²) < 4.78 is 10.6. The molecule has 0 saturated heterocycles. The monoisotopic (exact) mass is 338 g/mol. The molecule has 8 heteroatoms. The molecule has 2 amide bonds. The number of ether oxygens (including phenoxy) is 1. The molecule has 0 aliphatic heterocycles. The third-order valence-electron chi connectivity index (χ3n) is 2.91. The van der Waals surface area contributed by atoms with Gasteiger partial charge in [-0.25, -0.2) is 4.79 Å². The van der Waals surface area contributed by atoms with Gasteiger partial charge in [0, 0.05) is 5.02 Å². The number of rotatable bonds is 6. The maximum Gasteiger partial charge on any atom is 0.319 e. The molecule has 2 N–H and O–H groups in total. The second-order valence-corrected chi connectivity index (χ2v) is 5.43. The minimum Gasteiger partial charge on any atom is -0.491 e. The molecule has 1 aromatic carbocycles. The van der Waals surface area contributed by atoms with Crippen molar-refractivity contribution in [2.24, 2.45) is 0 Å². The number of carbonyl (C=O) groups is 1. The minimum absolute atomic E-state index is 0.339. The molecule has 1 heterocycles. The van der Waals surface area contributed by atoms with Gasteiger partial charge in [-0.3, -0.25) is 0 Å². The number of anilines is 1. The third kappa shape index (κ3) is 4.85. The Labute approximate surface area is 139 Å². The number of hydrogen-bond acceptors (Lipinski definition) is 5. The lowest BCUT2D eigenvalue weighted by molar-refractivity contribution is 0.245. The zero-order chi connectivity index (χ0) is 16.8. The highest BCUT2D eigenvalue weighted by molar-refractivity contribution is 6.31. The Balaban J connectivity index is 2.03. The molecule has 0 fully saturated rings. The highest BCUT2D eigenvalue weighted by Crippen LogP contribution is 2.28. The fourth-order valence-electron chi connectivity index (χ4n) is 1.84. The van der Waals surface area contributed by atoms with E-state index < -0.39 is 12.1 Å². The van der Waals surface area contributed by atoms with Gasteiger partial charge in [0.05, 0.1) is 12.3 Å². The summed E-state index contributed by atoms with van der Waals surface area (Å²) in [5.41, 5.74) is 0.498. The van der Waals surface area contributed by atoms with E-state index in [1.54, 1.807) is 32.0 Å². The van der Waals surface area contributed by atoms with Gasteiger partial charge in [-0.1, -0.05) is 23.7 Å². The molecule has 0 spiro atoms. The molecule has 0 aliphatic rings. The van der Waals surface area contributed by atoms with Crippen molar-refractivity contribution in [1.29, 1.82) is 0 Å². The Morgan fingerprint density at radius 2 is 2.26 bits per heavy atom. The van der Waals surface area contributed by atoms with Crippen molar-refractivity contribution in [3.63, 3.8) is 0 Å². The van der Waals surface area contributed by atoms with Crippen LogP contribution in [0.25, 0.3) is 0 Å². The molecule has 0 aliphatic carbocycles. The maximum absolute atomic E-state index is 12.1. The van der Waals surface area contributed by atoms with Crippen LogP contribution in [-0.4, -0.2) is 22.8 Å². The van der Waals surface area contributed by atoms with Crippen LogP contribution in [0.5, 0.6) is 5.75 Å². The van der Waals surface area contributed by atoms with Gasteiger partial charge in [-0.05, 0) is 38.5 Å². The average Bonchev–Trinajstić information content (AvgIpc) is 2.93. The van der Waals surface area contributed by atoms with Gasteiger partial charge in [0.1, 0.15) is 11.8 Å². The smallest absolute Gasteiger partial charge is 0.319 e. The van der Waals surface area contributed by atoms with Gasteiger partial charge in [0.25, 0.3) is 0 Å². The summed E-state index contributed by atoms with van der Waals surface area (Å²) >= 11 is 5.98. The van der Waals surface area contributed by atoms with E-state index in [1.165, 1.54) is 0 Å². The van der Waals surface area contributed by atoms with Gasteiger partial charge >= 0.3 is 6.03 Å². The molecular weight excluding hydrogens is 320 g/mol. The van der Waals surface area contributed by atoms with E-state index in [-0.39, 0.29) is 0 Å². The van der Waals surface area contributed by atoms with E-state index in [4.69, 9.17) is 20.9 Å². The molecule has 2 aromatic rings. The van der Waals surface area contributed by atoms with Crippen LogP contribution in [0.1, 0.15) is 38.0 Å². The van der Waals surface area contributed by atoms with Gasteiger partial charge in [-0.15, -0.1) is 0 Å². The number of aromatic nitrogens is 2. The molecule has 1 atom stereocenters. The van der Waals surface area contributed by atoms with Crippen LogP contribution in [-0.2, 0) is 0 Å². The lowest BCUT2D eigenvalue weighted by Gasteiger charge is -2.14. The Hall–Kier alpha value is -2.28. The van der Waals surface area contributed by atoms with E-state index >= 15 is 0 Å². The second kappa shape index (κ2) is 7.82. The van der Waals surface area contributed by atoms with Crippen molar-refractivity contribution in [3.8, 4) is 5.75 Å². The summed E-state index contributed by atoms with van der Waals surface area (Å²) in [6, 6.07) is 4.22. The number of amides is 2. The van der Waals surface area contributed by atoms with E-state index in [1.807, 2.05) is 6.92 Å². The zero-order valence-electron chi connectivity index (χ0n) is 13.2. The number of nitrogens with zero attached hydrogens (tertiary/aromatic N) is 2. The fraction of sp³-hybridized carbons (Fsp3) is 0.400. The summed E-state index contributed by atoms with van der Waals surface area (Å²) in [7, 11) is 0. The minimum atomic E-state index is -0.421. The number of hydrogen-bond donors (Lipinski definition) is 2. The third-order valence-corrected chi connectivity index (χ3v) is 3.15. The first-order chi connectivity index (χ1) is 11.0. The highest BCUT2D eigenvalue weighted by Gasteiger charge is 2.16. The van der Waals surface area contributed by atoms with Crippen LogP contribution >= 0.6 is 11.6 Å². The highest BCUT2D eigenvalue weighted by atomic mass is 35.5. The number of carbonyl (C=O) groups excluding carboxylic acids is 1. The Morgan fingerprint density at radius 1 is 1.48 bits per heavy atom. The normalized spacial score (nSPS) is 11.8. The zero-order valence-corrected chi connectivity index (χ0v) is 14.0. The molecule has 0 unspecified atom stereocenters. The predicted molar refractivity (Wildman–Crippen MR) is 86.8 cm³/mol. The van der Waals surface area contributed by atoms with Gasteiger partial charge < -0.3 is 19.9 Å². The van der Waals surface area contributed by atoms with Crippen LogP contribution in [0, 0.1) is 6.92 Å². The van der Waals surface area contributed by atoms with Crippen molar-refractivity contribution in [3.05, 3.63) is 34.9 Å². The SMILES string of the molecule is CCCOc1ccc(Cl)cc1NC(=O)N[C@@H](C)c1nc(C)no1. The quantitative estimate of drug-likeness (QED) is 0.838. The number of aryl methyl sites for hydroxylation is 1. The van der Waals surface area contributed by atoms with Crippen molar-refractivity contribution in [2.45, 2.75) is 33.2 Å². The summed E-state index contributed by atoms with van der Waals surface area (Å²) in [5.74, 6) is 1.41. The van der Waals surface area contributed by atoms with Crippen molar-refractivity contribution >= 4 is 23.3 Å². The van der Waals surface area contributed by atoms with Crippen LogP contribution in [0.4, 0.5) is 10.5 Å². The second-order valence-electron chi connectivity index (χ2n) is 4.99. The first kappa shape index (κ1) is 17.1. The molecular formula is C15H19ClN4O3. The van der Waals surface area contributed by atoms with Crippen LogP contribution in [0.15, 0.2) is 22.7 Å². The fourth-order valence-corrected chi connectivity index (χ4v) is 2.02. The van der Waals surface area contributed by atoms with Gasteiger partial charge in [0.15, 0.2) is 5.82 Å². The van der Waals surface area contributed by atoms with Crippen LogP contribution in [0.3, 0.4) is 0 Å². The van der Waals surface area contributed by atoms with Crippen LogP contribution in [0.2, 0.25) is 5.02 Å². The van der Waals surface area contributed by atoms with E-state index in [9.17, 15) is 4.79 Å². The van der Waals surface area contributed by atoms with E-state index in [0.717, 1.165) is 6.42 Å². The maximum atomic E-state index is 12.1. The topological polar surface area (TPSA) is 89.3 Å². The van der Waals surface area contributed by atoms with Crippen molar-refractivity contribution in [1.82, 2.24) is 15.5 Å². The van der Waals surface area contributed by atoms with Crippen LogP contribution < -0.4 is 15.4 Å². The number of benzene rings is 1. The number of halogens is 1. The average molecular weight is 339 g/mol. The summed E-state index contributed by atoms with van der Waals surface area (Å²) in [4.78, 5) is 16.2. The predicted octanol–water partition coefficient (Wildman–Crippen LogP) is 3.70. The lowest BCUT2D eigenvalue weighted by atomic mass is 10.3. The molecule has 0 bridgehead atoms. The molecule has 0 saturated carbocycles. The van der Waals surface area contributed by atoms with Crippen molar-refractivity contribution in [2.75, 3.05) is 11.9 Å². The molecule has 124 valence electrons. The molecule has 2 rings (SSSR count).